The fourth-order valence-corrected chi connectivity index (χ4v) is 1.76. The Kier molecular flexibility index (Phi) is 5.54. The highest BCUT2D eigenvalue weighted by Crippen LogP contribution is 2.17. The predicted molar refractivity (Wildman–Crippen MR) is 76.6 cm³/mol. The molecule has 1 rings (SSSR count). The van der Waals surface area contributed by atoms with E-state index in [1.165, 1.54) is 0 Å². The van der Waals surface area contributed by atoms with Crippen molar-refractivity contribution in [3.8, 4) is 0 Å². The number of anilines is 1. The van der Waals surface area contributed by atoms with Crippen LogP contribution in [0.1, 0.15) is 39.3 Å². The second-order valence-corrected chi connectivity index (χ2v) is 4.92. The lowest BCUT2D eigenvalue weighted by Gasteiger charge is -2.25. The summed E-state index contributed by atoms with van der Waals surface area (Å²) in [5, 5.41) is 11.7. The van der Waals surface area contributed by atoms with Gasteiger partial charge in [0, 0.05) is 30.8 Å². The van der Waals surface area contributed by atoms with Gasteiger partial charge in [0.05, 0.1) is 0 Å². The highest BCUT2D eigenvalue weighted by Gasteiger charge is 2.15. The van der Waals surface area contributed by atoms with E-state index in [9.17, 15) is 0 Å². The van der Waals surface area contributed by atoms with E-state index in [1.54, 1.807) is 6.33 Å². The van der Waals surface area contributed by atoms with Crippen LogP contribution in [-0.4, -0.2) is 34.1 Å². The van der Waals surface area contributed by atoms with Crippen molar-refractivity contribution in [2.75, 3.05) is 18.0 Å². The molecule has 0 saturated carbocycles. The fraction of sp³-hybridized carbons (Fsp3) is 0.615. The lowest BCUT2D eigenvalue weighted by Crippen LogP contribution is -2.35. The first-order chi connectivity index (χ1) is 8.99. The van der Waals surface area contributed by atoms with Crippen LogP contribution in [0.3, 0.4) is 0 Å². The van der Waals surface area contributed by atoms with Gasteiger partial charge in [-0.2, -0.15) is 0 Å². The highest BCUT2D eigenvalue weighted by molar-refractivity contribution is 5.82. The van der Waals surface area contributed by atoms with E-state index in [-0.39, 0.29) is 11.8 Å². The molecule has 0 aliphatic heterocycles. The van der Waals surface area contributed by atoms with Crippen LogP contribution in [0.2, 0.25) is 0 Å². The van der Waals surface area contributed by atoms with Crippen LogP contribution < -0.4 is 10.6 Å². The molecular formula is C13H23N5O. The Morgan fingerprint density at radius 2 is 2.11 bits per heavy atom. The van der Waals surface area contributed by atoms with Crippen molar-refractivity contribution in [2.45, 2.75) is 33.6 Å². The monoisotopic (exact) mass is 265 g/mol. The summed E-state index contributed by atoms with van der Waals surface area (Å²) < 4.78 is 0. The maximum absolute atomic E-state index is 8.70. The first-order valence-electron chi connectivity index (χ1n) is 6.53. The standard InChI is InChI=1S/C13H23N5O/c1-5-18(7-10(4)13(14)17-19)12-6-11(9(2)3)15-8-16-12/h6,8-10,19H,5,7H2,1-4H3,(H2,14,17). The van der Waals surface area contributed by atoms with Crippen molar-refractivity contribution < 1.29 is 5.21 Å². The van der Waals surface area contributed by atoms with E-state index in [0.717, 1.165) is 18.1 Å². The number of hydrogen-bond donors (Lipinski definition) is 2. The number of aromatic nitrogens is 2. The third-order valence-electron chi connectivity index (χ3n) is 3.09. The van der Waals surface area contributed by atoms with E-state index in [0.29, 0.717) is 12.5 Å². The molecule has 0 spiro atoms. The zero-order valence-electron chi connectivity index (χ0n) is 12.0. The molecule has 0 saturated heterocycles. The van der Waals surface area contributed by atoms with Gasteiger partial charge in [-0.15, -0.1) is 0 Å². The van der Waals surface area contributed by atoms with Crippen LogP contribution in [0, 0.1) is 5.92 Å². The lowest BCUT2D eigenvalue weighted by atomic mass is 10.1. The van der Waals surface area contributed by atoms with Crippen LogP contribution in [0.5, 0.6) is 0 Å². The van der Waals surface area contributed by atoms with Gasteiger partial charge in [-0.1, -0.05) is 25.9 Å². The van der Waals surface area contributed by atoms with Crippen molar-refractivity contribution in [3.63, 3.8) is 0 Å². The minimum absolute atomic E-state index is 0.0394. The van der Waals surface area contributed by atoms with Crippen LogP contribution in [-0.2, 0) is 0 Å². The fourth-order valence-electron chi connectivity index (χ4n) is 1.76. The maximum Gasteiger partial charge on any atom is 0.143 e. The molecule has 19 heavy (non-hydrogen) atoms. The van der Waals surface area contributed by atoms with Gasteiger partial charge in [0.2, 0.25) is 0 Å². The van der Waals surface area contributed by atoms with Crippen molar-refractivity contribution in [2.24, 2.45) is 16.8 Å². The molecule has 0 fully saturated rings. The van der Waals surface area contributed by atoms with Gasteiger partial charge in [-0.25, -0.2) is 9.97 Å². The molecule has 0 bridgehead atoms. The number of amidine groups is 1. The zero-order valence-corrected chi connectivity index (χ0v) is 12.0. The number of hydrogen-bond acceptors (Lipinski definition) is 5. The molecule has 0 radical (unpaired) electrons. The van der Waals surface area contributed by atoms with Crippen molar-refractivity contribution >= 4 is 11.7 Å². The summed E-state index contributed by atoms with van der Waals surface area (Å²) in [6.07, 6.45) is 1.58. The van der Waals surface area contributed by atoms with Gasteiger partial charge in [0.1, 0.15) is 18.0 Å². The quantitative estimate of drug-likeness (QED) is 0.354. The molecule has 0 amide bonds. The van der Waals surface area contributed by atoms with Crippen molar-refractivity contribution in [1.29, 1.82) is 0 Å². The molecule has 1 unspecified atom stereocenters. The van der Waals surface area contributed by atoms with E-state index < -0.39 is 0 Å². The maximum atomic E-state index is 8.70. The summed E-state index contributed by atoms with van der Waals surface area (Å²) in [7, 11) is 0. The van der Waals surface area contributed by atoms with Gasteiger partial charge < -0.3 is 15.8 Å². The smallest absolute Gasteiger partial charge is 0.143 e. The average Bonchev–Trinajstić information content (AvgIpc) is 2.43. The molecule has 1 heterocycles. The second-order valence-electron chi connectivity index (χ2n) is 4.92. The van der Waals surface area contributed by atoms with Crippen molar-refractivity contribution in [3.05, 3.63) is 18.1 Å². The Hall–Kier alpha value is -1.85. The summed E-state index contributed by atoms with van der Waals surface area (Å²) in [6.45, 7) is 9.62. The Morgan fingerprint density at radius 1 is 1.42 bits per heavy atom. The van der Waals surface area contributed by atoms with Crippen LogP contribution in [0.4, 0.5) is 5.82 Å². The molecular weight excluding hydrogens is 242 g/mol. The van der Waals surface area contributed by atoms with E-state index in [2.05, 4.69) is 40.8 Å². The number of nitrogens with two attached hydrogens (primary N) is 1. The van der Waals surface area contributed by atoms with Gasteiger partial charge >= 0.3 is 0 Å². The Morgan fingerprint density at radius 3 is 2.63 bits per heavy atom. The van der Waals surface area contributed by atoms with E-state index in [4.69, 9.17) is 10.9 Å². The molecule has 6 heteroatoms. The Labute approximate surface area is 114 Å². The summed E-state index contributed by atoms with van der Waals surface area (Å²) >= 11 is 0. The normalized spacial score (nSPS) is 13.6. The lowest BCUT2D eigenvalue weighted by molar-refractivity contribution is 0.314. The Balaban J connectivity index is 2.88. The summed E-state index contributed by atoms with van der Waals surface area (Å²) in [6, 6.07) is 1.99. The molecule has 0 aromatic carbocycles. The number of rotatable bonds is 6. The third-order valence-corrected chi connectivity index (χ3v) is 3.09. The molecule has 1 aromatic heterocycles. The van der Waals surface area contributed by atoms with Crippen molar-refractivity contribution in [1.82, 2.24) is 9.97 Å². The first kappa shape index (κ1) is 15.2. The number of nitrogens with zero attached hydrogens (tertiary/aromatic N) is 4. The largest absolute Gasteiger partial charge is 0.409 e. The van der Waals surface area contributed by atoms with E-state index in [1.807, 2.05) is 13.0 Å². The highest BCUT2D eigenvalue weighted by atomic mass is 16.4. The van der Waals surface area contributed by atoms with Crippen LogP contribution in [0.25, 0.3) is 0 Å². The van der Waals surface area contributed by atoms with E-state index >= 15 is 0 Å². The second kappa shape index (κ2) is 6.92. The Bertz CT molecular complexity index is 433. The minimum atomic E-state index is -0.0394. The predicted octanol–water partition coefficient (Wildman–Crippen LogP) is 1.81. The average molecular weight is 265 g/mol. The molecule has 1 atom stereocenters. The third kappa shape index (κ3) is 4.08. The molecule has 106 valence electrons. The SMILES string of the molecule is CCN(CC(C)C(N)=NO)c1cc(C(C)C)ncn1. The zero-order chi connectivity index (χ0) is 14.4. The van der Waals surface area contributed by atoms with Gasteiger partial charge in [-0.3, -0.25) is 0 Å². The van der Waals surface area contributed by atoms with Gasteiger partial charge in [0.15, 0.2) is 0 Å². The number of oxime groups is 1. The summed E-state index contributed by atoms with van der Waals surface area (Å²) in [5.74, 6) is 1.43. The first-order valence-corrected chi connectivity index (χ1v) is 6.53. The minimum Gasteiger partial charge on any atom is -0.409 e. The summed E-state index contributed by atoms with van der Waals surface area (Å²) in [5.41, 5.74) is 6.63. The van der Waals surface area contributed by atoms with Crippen LogP contribution >= 0.6 is 0 Å². The van der Waals surface area contributed by atoms with Gasteiger partial charge in [-0.05, 0) is 12.8 Å². The van der Waals surface area contributed by atoms with Crippen LogP contribution in [0.15, 0.2) is 17.5 Å². The molecule has 6 nitrogen and oxygen atoms in total. The molecule has 0 aliphatic rings. The molecule has 3 N–H and O–H groups in total. The van der Waals surface area contributed by atoms with Gasteiger partial charge in [0.25, 0.3) is 0 Å². The summed E-state index contributed by atoms with van der Waals surface area (Å²) in [4.78, 5) is 10.7. The molecule has 1 aromatic rings. The topological polar surface area (TPSA) is 87.6 Å². The molecule has 0 aliphatic carbocycles.